The molecule has 2 fully saturated rings. The second-order valence-electron chi connectivity index (χ2n) is 7.89. The van der Waals surface area contributed by atoms with Crippen molar-refractivity contribution in [2.75, 3.05) is 16.8 Å². The minimum absolute atomic E-state index is 0.0386. The lowest BCUT2D eigenvalue weighted by Gasteiger charge is -2.28. The van der Waals surface area contributed by atoms with Gasteiger partial charge in [0.05, 0.1) is 6.04 Å². The van der Waals surface area contributed by atoms with Gasteiger partial charge in [0, 0.05) is 35.9 Å². The summed E-state index contributed by atoms with van der Waals surface area (Å²) in [6.07, 6.45) is 1.72. The molecule has 3 heterocycles. The van der Waals surface area contributed by atoms with Crippen LogP contribution in [0.4, 0.5) is 35.0 Å². The number of alkyl halides is 2. The van der Waals surface area contributed by atoms with Crippen LogP contribution in [0.2, 0.25) is 0 Å². The van der Waals surface area contributed by atoms with Crippen molar-refractivity contribution < 1.29 is 17.6 Å². The van der Waals surface area contributed by atoms with Crippen molar-refractivity contribution in [1.82, 2.24) is 20.2 Å². The molecular weight excluding hydrogens is 412 g/mol. The van der Waals surface area contributed by atoms with Gasteiger partial charge in [-0.1, -0.05) is 6.07 Å². The lowest BCUT2D eigenvalue weighted by Crippen LogP contribution is -2.26. The molecule has 2 aliphatic rings. The number of hydrogen-bond acceptors (Lipinski definition) is 5. The molecule has 0 bridgehead atoms. The lowest BCUT2D eigenvalue weighted by molar-refractivity contribution is 0.151. The van der Waals surface area contributed by atoms with Gasteiger partial charge in [-0.2, -0.15) is 5.10 Å². The van der Waals surface area contributed by atoms with E-state index in [4.69, 9.17) is 0 Å². The molecule has 1 unspecified atom stereocenters. The van der Waals surface area contributed by atoms with E-state index in [0.717, 1.165) is 24.6 Å². The van der Waals surface area contributed by atoms with Gasteiger partial charge >= 0.3 is 0 Å². The first-order chi connectivity index (χ1) is 15.0. The monoisotopic (exact) mass is 432 g/mol. The number of hydrogen-bond donors (Lipinski definition) is 2. The highest BCUT2D eigenvalue weighted by Crippen LogP contribution is 2.43. The topological polar surface area (TPSA) is 69.7 Å². The van der Waals surface area contributed by atoms with E-state index in [-0.39, 0.29) is 22.8 Å². The Labute approximate surface area is 175 Å². The number of H-pyrrole nitrogens is 1. The maximum absolute atomic E-state index is 14.4. The molecule has 1 saturated heterocycles. The Kier molecular flexibility index (Phi) is 4.99. The van der Waals surface area contributed by atoms with Gasteiger partial charge in [-0.15, -0.1) is 0 Å². The molecule has 1 saturated carbocycles. The molecule has 1 aromatic carbocycles. The van der Waals surface area contributed by atoms with Crippen molar-refractivity contribution in [2.24, 2.45) is 0 Å². The van der Waals surface area contributed by atoms with Crippen LogP contribution in [0.1, 0.15) is 60.9 Å². The minimum atomic E-state index is -2.86. The molecule has 0 amide bonds. The zero-order chi connectivity index (χ0) is 21.5. The van der Waals surface area contributed by atoms with Gasteiger partial charge in [0.1, 0.15) is 35.2 Å². The number of benzene rings is 1. The second kappa shape index (κ2) is 7.82. The van der Waals surface area contributed by atoms with Crippen molar-refractivity contribution in [3.05, 3.63) is 59.0 Å². The Morgan fingerprint density at radius 3 is 2.68 bits per heavy atom. The molecule has 1 aliphatic heterocycles. The van der Waals surface area contributed by atoms with Crippen LogP contribution in [-0.2, 0) is 0 Å². The van der Waals surface area contributed by atoms with E-state index in [2.05, 4.69) is 25.5 Å². The zero-order valence-electron chi connectivity index (χ0n) is 16.5. The number of nitrogens with one attached hydrogen (secondary N) is 2. The summed E-state index contributed by atoms with van der Waals surface area (Å²) < 4.78 is 56.1. The van der Waals surface area contributed by atoms with Crippen molar-refractivity contribution in [3.63, 3.8) is 0 Å². The van der Waals surface area contributed by atoms with Crippen LogP contribution in [-0.4, -0.2) is 26.7 Å². The molecule has 162 valence electrons. The van der Waals surface area contributed by atoms with Crippen LogP contribution < -0.4 is 10.2 Å². The highest BCUT2D eigenvalue weighted by atomic mass is 19.3. The molecule has 2 N–H and O–H groups in total. The first-order valence-electron chi connectivity index (χ1n) is 10.2. The SMILES string of the molecule is Fc1ccc(C2CCCN2c2ncnc(Nc3cc(C4CC4)[nH]n3)c2C(F)F)c(F)c1. The predicted octanol–water partition coefficient (Wildman–Crippen LogP) is 5.38. The van der Waals surface area contributed by atoms with Gasteiger partial charge in [0.15, 0.2) is 5.82 Å². The maximum atomic E-state index is 14.4. The molecule has 1 aliphatic carbocycles. The van der Waals surface area contributed by atoms with Crippen molar-refractivity contribution >= 4 is 17.5 Å². The van der Waals surface area contributed by atoms with Gasteiger partial charge < -0.3 is 10.2 Å². The van der Waals surface area contributed by atoms with Crippen LogP contribution >= 0.6 is 0 Å². The van der Waals surface area contributed by atoms with E-state index in [0.29, 0.717) is 31.1 Å². The van der Waals surface area contributed by atoms with Gasteiger partial charge in [-0.05, 0) is 31.7 Å². The Hall–Kier alpha value is -3.17. The number of nitrogens with zero attached hydrogens (tertiary/aromatic N) is 4. The fourth-order valence-corrected chi connectivity index (χ4v) is 4.16. The average molecular weight is 432 g/mol. The number of halogens is 4. The predicted molar refractivity (Wildman–Crippen MR) is 107 cm³/mol. The molecule has 31 heavy (non-hydrogen) atoms. The molecule has 10 heteroatoms. The minimum Gasteiger partial charge on any atom is -0.349 e. The van der Waals surface area contributed by atoms with Crippen molar-refractivity contribution in [2.45, 2.75) is 44.1 Å². The summed E-state index contributed by atoms with van der Waals surface area (Å²) in [7, 11) is 0. The van der Waals surface area contributed by atoms with Crippen LogP contribution in [0.5, 0.6) is 0 Å². The maximum Gasteiger partial charge on any atom is 0.270 e. The fraction of sp³-hybridized carbons (Fsp3) is 0.381. The molecule has 1 atom stereocenters. The number of aromatic nitrogens is 4. The van der Waals surface area contributed by atoms with Gasteiger partial charge in [0.2, 0.25) is 0 Å². The summed E-state index contributed by atoms with van der Waals surface area (Å²) in [5.74, 6) is -0.550. The van der Waals surface area contributed by atoms with E-state index in [1.165, 1.54) is 18.5 Å². The molecule has 0 radical (unpaired) electrons. The third kappa shape index (κ3) is 3.82. The van der Waals surface area contributed by atoms with E-state index >= 15 is 0 Å². The number of anilines is 3. The van der Waals surface area contributed by atoms with Gasteiger partial charge in [-0.25, -0.2) is 27.5 Å². The highest BCUT2D eigenvalue weighted by Gasteiger charge is 2.34. The first kappa shape index (κ1) is 19.8. The quantitative estimate of drug-likeness (QED) is 0.512. The first-order valence-corrected chi connectivity index (χ1v) is 10.2. The molecule has 3 aromatic rings. The lowest BCUT2D eigenvalue weighted by atomic mass is 10.0. The molecular formula is C21H20F4N6. The Balaban J connectivity index is 1.49. The third-order valence-corrected chi connectivity index (χ3v) is 5.79. The van der Waals surface area contributed by atoms with Crippen LogP contribution in [0.25, 0.3) is 0 Å². The van der Waals surface area contributed by atoms with Crippen LogP contribution in [0.3, 0.4) is 0 Å². The third-order valence-electron chi connectivity index (χ3n) is 5.79. The van der Waals surface area contributed by atoms with E-state index in [9.17, 15) is 17.6 Å². The Bertz CT molecular complexity index is 1100. The highest BCUT2D eigenvalue weighted by molar-refractivity contribution is 5.65. The summed E-state index contributed by atoms with van der Waals surface area (Å²) >= 11 is 0. The van der Waals surface area contributed by atoms with E-state index in [1.54, 1.807) is 11.0 Å². The summed E-state index contributed by atoms with van der Waals surface area (Å²) in [5, 5.41) is 9.93. The fourth-order valence-electron chi connectivity index (χ4n) is 4.16. The summed E-state index contributed by atoms with van der Waals surface area (Å²) in [6, 6.07) is 4.61. The normalized spacial score (nSPS) is 18.7. The molecule has 2 aromatic heterocycles. The van der Waals surface area contributed by atoms with Crippen LogP contribution in [0.15, 0.2) is 30.6 Å². The van der Waals surface area contributed by atoms with Crippen molar-refractivity contribution in [1.29, 1.82) is 0 Å². The van der Waals surface area contributed by atoms with Gasteiger partial charge in [-0.3, -0.25) is 5.10 Å². The number of aromatic amines is 1. The molecule has 6 nitrogen and oxygen atoms in total. The second-order valence-corrected chi connectivity index (χ2v) is 7.89. The standard InChI is InChI=1S/C21H20F4N6/c22-12-5-6-13(14(23)8-12)16-2-1-7-31(16)21-18(19(24)25)20(26-10-27-21)28-17-9-15(29-30-17)11-3-4-11/h5-6,8-11,16,19H,1-4,7H2,(H2,26,27,28,29,30). The van der Waals surface area contributed by atoms with Crippen molar-refractivity contribution in [3.8, 4) is 0 Å². The average Bonchev–Trinajstić information content (AvgIpc) is 3.28. The van der Waals surface area contributed by atoms with E-state index < -0.39 is 24.1 Å². The number of rotatable bonds is 6. The summed E-state index contributed by atoms with van der Waals surface area (Å²) in [6.45, 7) is 0.423. The summed E-state index contributed by atoms with van der Waals surface area (Å²) in [4.78, 5) is 9.78. The molecule has 0 spiro atoms. The van der Waals surface area contributed by atoms with E-state index in [1.807, 2.05) is 0 Å². The largest absolute Gasteiger partial charge is 0.349 e. The smallest absolute Gasteiger partial charge is 0.270 e. The Morgan fingerprint density at radius 2 is 1.94 bits per heavy atom. The Morgan fingerprint density at radius 1 is 1.10 bits per heavy atom. The zero-order valence-corrected chi connectivity index (χ0v) is 16.5. The van der Waals surface area contributed by atoms with Gasteiger partial charge in [0.25, 0.3) is 6.43 Å². The molecule has 5 rings (SSSR count). The summed E-state index contributed by atoms with van der Waals surface area (Å²) in [5.41, 5.74) is 0.850. The van der Waals surface area contributed by atoms with Crippen LogP contribution in [0, 0.1) is 11.6 Å².